The van der Waals surface area contributed by atoms with Crippen molar-refractivity contribution in [1.82, 2.24) is 10.3 Å². The zero-order chi connectivity index (χ0) is 15.7. The number of hydrogen-bond acceptors (Lipinski definition) is 3. The average Bonchev–Trinajstić information content (AvgIpc) is 2.94. The SMILES string of the molecule is CCNC(Cc1nc(C(C)(C)C)cs1)C1CCCC1(C)C. The number of hydrogen-bond donors (Lipinski definition) is 1. The number of nitrogens with zero attached hydrogens (tertiary/aromatic N) is 1. The lowest BCUT2D eigenvalue weighted by Crippen LogP contribution is -2.42. The van der Waals surface area contributed by atoms with E-state index in [-0.39, 0.29) is 5.41 Å². The van der Waals surface area contributed by atoms with Gasteiger partial charge >= 0.3 is 0 Å². The molecule has 120 valence electrons. The van der Waals surface area contributed by atoms with Crippen LogP contribution in [0.2, 0.25) is 0 Å². The first-order valence-corrected chi connectivity index (χ1v) is 9.30. The molecule has 0 spiro atoms. The summed E-state index contributed by atoms with van der Waals surface area (Å²) in [5.41, 5.74) is 1.87. The van der Waals surface area contributed by atoms with Gasteiger partial charge in [-0.25, -0.2) is 4.98 Å². The number of rotatable bonds is 5. The van der Waals surface area contributed by atoms with E-state index in [1.54, 1.807) is 0 Å². The molecule has 0 radical (unpaired) electrons. The number of aromatic nitrogens is 1. The second-order valence-electron chi connectivity index (χ2n) is 8.23. The van der Waals surface area contributed by atoms with E-state index in [0.29, 0.717) is 11.5 Å². The lowest BCUT2D eigenvalue weighted by atomic mass is 9.76. The van der Waals surface area contributed by atoms with Crippen molar-refractivity contribution in [2.75, 3.05) is 6.54 Å². The Morgan fingerprint density at radius 1 is 1.43 bits per heavy atom. The number of thiazole rings is 1. The van der Waals surface area contributed by atoms with Gasteiger partial charge in [0.15, 0.2) is 0 Å². The lowest BCUT2D eigenvalue weighted by molar-refractivity contribution is 0.197. The minimum absolute atomic E-state index is 0.162. The molecule has 0 bridgehead atoms. The van der Waals surface area contributed by atoms with Gasteiger partial charge in [-0.1, -0.05) is 48.0 Å². The van der Waals surface area contributed by atoms with Crippen LogP contribution in [0.25, 0.3) is 0 Å². The number of likely N-dealkylation sites (N-methyl/N-ethyl adjacent to an activating group) is 1. The third-order valence-corrected chi connectivity index (χ3v) is 5.88. The maximum absolute atomic E-state index is 4.90. The van der Waals surface area contributed by atoms with Crippen LogP contribution in [0.15, 0.2) is 5.38 Å². The van der Waals surface area contributed by atoms with Gasteiger partial charge in [0.05, 0.1) is 10.7 Å². The first-order chi connectivity index (χ1) is 9.74. The van der Waals surface area contributed by atoms with E-state index >= 15 is 0 Å². The van der Waals surface area contributed by atoms with E-state index in [0.717, 1.165) is 18.9 Å². The van der Waals surface area contributed by atoms with Crippen molar-refractivity contribution in [3.8, 4) is 0 Å². The third kappa shape index (κ3) is 4.07. The highest BCUT2D eigenvalue weighted by Gasteiger charge is 2.39. The molecule has 1 aliphatic carbocycles. The van der Waals surface area contributed by atoms with Gasteiger partial charge in [0, 0.05) is 23.3 Å². The van der Waals surface area contributed by atoms with Gasteiger partial charge < -0.3 is 5.32 Å². The van der Waals surface area contributed by atoms with Gasteiger partial charge in [0.1, 0.15) is 0 Å². The maximum atomic E-state index is 4.90. The van der Waals surface area contributed by atoms with Crippen molar-refractivity contribution >= 4 is 11.3 Å². The van der Waals surface area contributed by atoms with Crippen LogP contribution in [0.4, 0.5) is 0 Å². The molecule has 3 heteroatoms. The quantitative estimate of drug-likeness (QED) is 0.846. The zero-order valence-electron chi connectivity index (χ0n) is 14.6. The second kappa shape index (κ2) is 6.37. The van der Waals surface area contributed by atoms with Crippen molar-refractivity contribution in [3.63, 3.8) is 0 Å². The van der Waals surface area contributed by atoms with Crippen LogP contribution in [0.1, 0.15) is 71.5 Å². The van der Waals surface area contributed by atoms with Crippen LogP contribution >= 0.6 is 11.3 Å². The molecule has 0 aromatic carbocycles. The molecule has 2 nitrogen and oxygen atoms in total. The van der Waals surface area contributed by atoms with E-state index < -0.39 is 0 Å². The summed E-state index contributed by atoms with van der Waals surface area (Å²) in [4.78, 5) is 4.90. The zero-order valence-corrected chi connectivity index (χ0v) is 15.4. The van der Waals surface area contributed by atoms with E-state index in [1.165, 1.54) is 30.0 Å². The molecule has 1 N–H and O–H groups in total. The van der Waals surface area contributed by atoms with E-state index in [9.17, 15) is 0 Å². The molecule has 21 heavy (non-hydrogen) atoms. The van der Waals surface area contributed by atoms with Crippen molar-refractivity contribution in [1.29, 1.82) is 0 Å². The molecule has 2 rings (SSSR count). The summed E-state index contributed by atoms with van der Waals surface area (Å²) in [5, 5.41) is 7.29. The standard InChI is InChI=1S/C18H32N2S/c1-7-19-14(13-9-8-10-18(13,5)6)11-16-20-15(12-21-16)17(2,3)4/h12-14,19H,7-11H2,1-6H3. The molecule has 1 aromatic heterocycles. The van der Waals surface area contributed by atoms with Crippen LogP contribution in [-0.4, -0.2) is 17.6 Å². The minimum atomic E-state index is 0.162. The van der Waals surface area contributed by atoms with Crippen LogP contribution in [0.5, 0.6) is 0 Å². The summed E-state index contributed by atoms with van der Waals surface area (Å²) in [6, 6.07) is 0.575. The predicted octanol–water partition coefficient (Wildman–Crippen LogP) is 4.79. The van der Waals surface area contributed by atoms with Crippen LogP contribution in [0.3, 0.4) is 0 Å². The molecule has 0 amide bonds. The molecule has 2 atom stereocenters. The summed E-state index contributed by atoms with van der Waals surface area (Å²) in [6.45, 7) is 14.9. The Morgan fingerprint density at radius 3 is 2.62 bits per heavy atom. The molecule has 0 saturated heterocycles. The molecular weight excluding hydrogens is 276 g/mol. The minimum Gasteiger partial charge on any atom is -0.314 e. The van der Waals surface area contributed by atoms with Gasteiger partial charge in [-0.2, -0.15) is 0 Å². The highest BCUT2D eigenvalue weighted by Crippen LogP contribution is 2.45. The average molecular weight is 309 g/mol. The van der Waals surface area contributed by atoms with Crippen LogP contribution in [-0.2, 0) is 11.8 Å². The Morgan fingerprint density at radius 2 is 2.14 bits per heavy atom. The first-order valence-electron chi connectivity index (χ1n) is 8.42. The van der Waals surface area contributed by atoms with Gasteiger partial charge in [-0.15, -0.1) is 11.3 Å². The van der Waals surface area contributed by atoms with Crippen LogP contribution in [0, 0.1) is 11.3 Å². The largest absolute Gasteiger partial charge is 0.314 e. The summed E-state index contributed by atoms with van der Waals surface area (Å²) in [7, 11) is 0. The molecular formula is C18H32N2S. The molecule has 0 aliphatic heterocycles. The highest BCUT2D eigenvalue weighted by atomic mass is 32.1. The topological polar surface area (TPSA) is 24.9 Å². The normalized spacial score (nSPS) is 23.4. The Labute approximate surface area is 134 Å². The fraction of sp³-hybridized carbons (Fsp3) is 0.833. The summed E-state index contributed by atoms with van der Waals surface area (Å²) in [5.74, 6) is 0.777. The van der Waals surface area contributed by atoms with Crippen molar-refractivity contribution < 1.29 is 0 Å². The van der Waals surface area contributed by atoms with Gasteiger partial charge in [-0.3, -0.25) is 0 Å². The van der Waals surface area contributed by atoms with Crippen LogP contribution < -0.4 is 5.32 Å². The summed E-state index contributed by atoms with van der Waals surface area (Å²) in [6.07, 6.45) is 5.19. The van der Waals surface area contributed by atoms with Crippen molar-refractivity contribution in [3.05, 3.63) is 16.1 Å². The fourth-order valence-electron chi connectivity index (χ4n) is 3.66. The Bertz CT molecular complexity index is 456. The molecule has 1 fully saturated rings. The molecule has 1 aromatic rings. The van der Waals surface area contributed by atoms with E-state index in [2.05, 4.69) is 52.2 Å². The molecule has 1 aliphatic rings. The fourth-order valence-corrected chi connectivity index (χ4v) is 4.74. The molecule has 1 heterocycles. The van der Waals surface area contributed by atoms with Crippen molar-refractivity contribution in [2.45, 2.75) is 78.7 Å². The lowest BCUT2D eigenvalue weighted by Gasteiger charge is -2.34. The maximum Gasteiger partial charge on any atom is 0.0944 e. The third-order valence-electron chi connectivity index (χ3n) is 5.01. The van der Waals surface area contributed by atoms with Gasteiger partial charge in [-0.05, 0) is 30.7 Å². The Balaban J connectivity index is 2.11. The summed E-state index contributed by atoms with van der Waals surface area (Å²) >= 11 is 1.84. The molecule has 2 unspecified atom stereocenters. The first kappa shape index (κ1) is 17.0. The Hall–Kier alpha value is -0.410. The van der Waals surface area contributed by atoms with E-state index in [1.807, 2.05) is 11.3 Å². The Kier molecular flexibility index (Phi) is 5.15. The van der Waals surface area contributed by atoms with Gasteiger partial charge in [0.2, 0.25) is 0 Å². The monoisotopic (exact) mass is 308 g/mol. The van der Waals surface area contributed by atoms with E-state index in [4.69, 9.17) is 4.98 Å². The summed E-state index contributed by atoms with van der Waals surface area (Å²) < 4.78 is 0. The van der Waals surface area contributed by atoms with Crippen molar-refractivity contribution in [2.24, 2.45) is 11.3 Å². The second-order valence-corrected chi connectivity index (χ2v) is 9.17. The predicted molar refractivity (Wildman–Crippen MR) is 93.1 cm³/mol. The smallest absolute Gasteiger partial charge is 0.0944 e. The number of nitrogens with one attached hydrogen (secondary N) is 1. The molecule has 1 saturated carbocycles. The highest BCUT2D eigenvalue weighted by molar-refractivity contribution is 7.09. The van der Waals surface area contributed by atoms with Gasteiger partial charge in [0.25, 0.3) is 0 Å².